The molecule has 0 saturated heterocycles. The lowest BCUT2D eigenvalue weighted by Gasteiger charge is -2.32. The summed E-state index contributed by atoms with van der Waals surface area (Å²) in [6.45, 7) is 8.67. The standard InChI is InChI=1S/C15H27N3O/c1-5-14(6-2)18(7-8-19-4)15-12(3)9-13(10-16)11-17-15/h9,11,14H,5-8,10,16H2,1-4H3. The van der Waals surface area contributed by atoms with Gasteiger partial charge in [-0.1, -0.05) is 13.8 Å². The lowest BCUT2D eigenvalue weighted by molar-refractivity contribution is 0.202. The topological polar surface area (TPSA) is 51.4 Å². The fourth-order valence-electron chi connectivity index (χ4n) is 2.42. The Kier molecular flexibility index (Phi) is 6.81. The summed E-state index contributed by atoms with van der Waals surface area (Å²) in [5.74, 6) is 1.06. The van der Waals surface area contributed by atoms with Gasteiger partial charge >= 0.3 is 0 Å². The minimum absolute atomic E-state index is 0.505. The predicted octanol–water partition coefficient (Wildman–Crippen LogP) is 2.49. The molecule has 0 radical (unpaired) electrons. The van der Waals surface area contributed by atoms with Gasteiger partial charge < -0.3 is 15.4 Å². The summed E-state index contributed by atoms with van der Waals surface area (Å²) in [5.41, 5.74) is 7.93. The van der Waals surface area contributed by atoms with E-state index in [4.69, 9.17) is 10.5 Å². The number of nitrogens with zero attached hydrogens (tertiary/aromatic N) is 2. The molecular weight excluding hydrogens is 238 g/mol. The van der Waals surface area contributed by atoms with Crippen molar-refractivity contribution in [2.75, 3.05) is 25.2 Å². The van der Waals surface area contributed by atoms with Crippen molar-refractivity contribution >= 4 is 5.82 Å². The van der Waals surface area contributed by atoms with Gasteiger partial charge in [-0.05, 0) is 37.0 Å². The van der Waals surface area contributed by atoms with Crippen molar-refractivity contribution in [3.63, 3.8) is 0 Å². The van der Waals surface area contributed by atoms with Crippen molar-refractivity contribution in [2.45, 2.75) is 46.2 Å². The van der Waals surface area contributed by atoms with E-state index in [0.717, 1.165) is 37.4 Å². The van der Waals surface area contributed by atoms with Crippen LogP contribution in [0.3, 0.4) is 0 Å². The molecule has 4 heteroatoms. The first-order chi connectivity index (χ1) is 9.17. The van der Waals surface area contributed by atoms with E-state index in [1.807, 2.05) is 6.20 Å². The average Bonchev–Trinajstić information content (AvgIpc) is 2.44. The molecular formula is C15H27N3O. The molecule has 4 nitrogen and oxygen atoms in total. The second-order valence-electron chi connectivity index (χ2n) is 4.84. The maximum Gasteiger partial charge on any atom is 0.131 e. The highest BCUT2D eigenvalue weighted by Gasteiger charge is 2.18. The molecule has 1 aromatic rings. The Morgan fingerprint density at radius 2 is 2.05 bits per heavy atom. The molecule has 0 aromatic carbocycles. The lowest BCUT2D eigenvalue weighted by atomic mass is 10.1. The minimum atomic E-state index is 0.505. The van der Waals surface area contributed by atoms with Gasteiger partial charge in [0.15, 0.2) is 0 Å². The Hall–Kier alpha value is -1.13. The van der Waals surface area contributed by atoms with E-state index in [1.165, 1.54) is 5.56 Å². The summed E-state index contributed by atoms with van der Waals surface area (Å²) in [6.07, 6.45) is 4.10. The Balaban J connectivity index is 3.01. The number of aryl methyl sites for hydroxylation is 1. The largest absolute Gasteiger partial charge is 0.383 e. The fraction of sp³-hybridized carbons (Fsp3) is 0.667. The van der Waals surface area contributed by atoms with Crippen LogP contribution in [0.4, 0.5) is 5.82 Å². The van der Waals surface area contributed by atoms with E-state index < -0.39 is 0 Å². The molecule has 0 spiro atoms. The third-order valence-electron chi connectivity index (χ3n) is 3.53. The molecule has 0 atom stereocenters. The second-order valence-corrected chi connectivity index (χ2v) is 4.84. The van der Waals surface area contributed by atoms with E-state index in [0.29, 0.717) is 12.6 Å². The summed E-state index contributed by atoms with van der Waals surface area (Å²) >= 11 is 0. The summed E-state index contributed by atoms with van der Waals surface area (Å²) in [7, 11) is 1.74. The number of rotatable bonds is 8. The molecule has 0 saturated carbocycles. The van der Waals surface area contributed by atoms with Crippen LogP contribution >= 0.6 is 0 Å². The molecule has 0 aliphatic rings. The van der Waals surface area contributed by atoms with Crippen molar-refractivity contribution in [3.8, 4) is 0 Å². The molecule has 1 heterocycles. The molecule has 19 heavy (non-hydrogen) atoms. The highest BCUT2D eigenvalue weighted by Crippen LogP contribution is 2.22. The third kappa shape index (κ3) is 4.18. The number of anilines is 1. The molecule has 0 bridgehead atoms. The van der Waals surface area contributed by atoms with Gasteiger partial charge in [-0.2, -0.15) is 0 Å². The Morgan fingerprint density at radius 3 is 2.53 bits per heavy atom. The lowest BCUT2D eigenvalue weighted by Crippen LogP contribution is -2.38. The van der Waals surface area contributed by atoms with Crippen LogP contribution < -0.4 is 10.6 Å². The van der Waals surface area contributed by atoms with Crippen molar-refractivity contribution in [3.05, 3.63) is 23.4 Å². The number of ether oxygens (including phenoxy) is 1. The van der Waals surface area contributed by atoms with E-state index in [1.54, 1.807) is 7.11 Å². The van der Waals surface area contributed by atoms with Crippen LogP contribution in [-0.2, 0) is 11.3 Å². The zero-order valence-electron chi connectivity index (χ0n) is 12.6. The van der Waals surface area contributed by atoms with Gasteiger partial charge in [0.25, 0.3) is 0 Å². The Morgan fingerprint density at radius 1 is 1.37 bits per heavy atom. The fourth-order valence-corrected chi connectivity index (χ4v) is 2.42. The molecule has 0 aliphatic heterocycles. The van der Waals surface area contributed by atoms with E-state index >= 15 is 0 Å². The summed E-state index contributed by atoms with van der Waals surface area (Å²) in [5, 5.41) is 0. The van der Waals surface area contributed by atoms with Crippen LogP contribution in [0.2, 0.25) is 0 Å². The van der Waals surface area contributed by atoms with E-state index in [2.05, 4.69) is 36.7 Å². The van der Waals surface area contributed by atoms with Gasteiger partial charge in [-0.3, -0.25) is 0 Å². The summed E-state index contributed by atoms with van der Waals surface area (Å²) in [4.78, 5) is 6.97. The SMILES string of the molecule is CCC(CC)N(CCOC)c1ncc(CN)cc1C. The molecule has 0 fully saturated rings. The van der Waals surface area contributed by atoms with Crippen molar-refractivity contribution in [2.24, 2.45) is 5.73 Å². The number of hydrogen-bond acceptors (Lipinski definition) is 4. The van der Waals surface area contributed by atoms with Gasteiger partial charge in [0.1, 0.15) is 5.82 Å². The molecule has 0 unspecified atom stereocenters. The number of nitrogens with two attached hydrogens (primary N) is 1. The predicted molar refractivity (Wildman–Crippen MR) is 80.5 cm³/mol. The van der Waals surface area contributed by atoms with Crippen LogP contribution in [0.1, 0.15) is 37.8 Å². The zero-order chi connectivity index (χ0) is 14.3. The number of hydrogen-bond donors (Lipinski definition) is 1. The second kappa shape index (κ2) is 8.12. The van der Waals surface area contributed by atoms with Gasteiger partial charge in [0.05, 0.1) is 6.61 Å². The maximum absolute atomic E-state index is 5.66. The molecule has 108 valence electrons. The van der Waals surface area contributed by atoms with Crippen molar-refractivity contribution < 1.29 is 4.74 Å². The number of methoxy groups -OCH3 is 1. The molecule has 2 N–H and O–H groups in total. The van der Waals surface area contributed by atoms with Gasteiger partial charge in [0, 0.05) is 32.4 Å². The normalized spacial score (nSPS) is 11.1. The van der Waals surface area contributed by atoms with Crippen LogP contribution in [0.15, 0.2) is 12.3 Å². The summed E-state index contributed by atoms with van der Waals surface area (Å²) < 4.78 is 5.23. The van der Waals surface area contributed by atoms with E-state index in [9.17, 15) is 0 Å². The van der Waals surface area contributed by atoms with Crippen LogP contribution in [0, 0.1) is 6.92 Å². The molecule has 1 aromatic heterocycles. The van der Waals surface area contributed by atoms with Crippen LogP contribution in [-0.4, -0.2) is 31.3 Å². The third-order valence-corrected chi connectivity index (χ3v) is 3.53. The maximum atomic E-state index is 5.66. The van der Waals surface area contributed by atoms with Gasteiger partial charge in [0.2, 0.25) is 0 Å². The van der Waals surface area contributed by atoms with Crippen LogP contribution in [0.5, 0.6) is 0 Å². The summed E-state index contributed by atoms with van der Waals surface area (Å²) in [6, 6.07) is 2.63. The smallest absolute Gasteiger partial charge is 0.131 e. The highest BCUT2D eigenvalue weighted by atomic mass is 16.5. The van der Waals surface area contributed by atoms with Crippen molar-refractivity contribution in [1.82, 2.24) is 4.98 Å². The van der Waals surface area contributed by atoms with Gasteiger partial charge in [-0.25, -0.2) is 4.98 Å². The van der Waals surface area contributed by atoms with E-state index in [-0.39, 0.29) is 0 Å². The number of aromatic nitrogens is 1. The quantitative estimate of drug-likeness (QED) is 0.784. The zero-order valence-corrected chi connectivity index (χ0v) is 12.6. The Bertz CT molecular complexity index is 378. The average molecular weight is 265 g/mol. The van der Waals surface area contributed by atoms with Crippen LogP contribution in [0.25, 0.3) is 0 Å². The van der Waals surface area contributed by atoms with Crippen molar-refractivity contribution in [1.29, 1.82) is 0 Å². The number of pyridine rings is 1. The first-order valence-corrected chi connectivity index (χ1v) is 7.09. The first kappa shape index (κ1) is 15.9. The molecule has 0 aliphatic carbocycles. The monoisotopic (exact) mass is 265 g/mol. The highest BCUT2D eigenvalue weighted by molar-refractivity contribution is 5.48. The Labute approximate surface area is 117 Å². The first-order valence-electron chi connectivity index (χ1n) is 7.09. The molecule has 0 amide bonds. The van der Waals surface area contributed by atoms with Gasteiger partial charge in [-0.15, -0.1) is 0 Å². The minimum Gasteiger partial charge on any atom is -0.383 e. The molecule has 1 rings (SSSR count).